The lowest BCUT2D eigenvalue weighted by atomic mass is 9.83. The highest BCUT2D eigenvalue weighted by Crippen LogP contribution is 2.46. The summed E-state index contributed by atoms with van der Waals surface area (Å²) in [5.41, 5.74) is 1.40. The SMILES string of the molecule is C[C@@H](/C=C/CC(=O)N(CCO)Cc1ccccc1)[C@]1(O)C(=O)N(Cc2cccc(NC(=O)[C@H]3CCCN3)c2)c2ccc(Cl)cc21. The Kier molecular flexibility index (Phi) is 10.4. The van der Waals surface area contributed by atoms with E-state index in [0.717, 1.165) is 30.5 Å². The van der Waals surface area contributed by atoms with E-state index >= 15 is 0 Å². The standard InChI is InChI=1S/C35H39ClN4O5/c1-24(8-5-14-32(42)39(18-19-41)22-25-9-3-2-4-10-25)35(45)29-21-27(36)15-16-31(29)40(34(35)44)23-26-11-6-12-28(20-26)38-33(43)30-13-7-17-37-30/h2-6,8-12,15-16,20-21,24,30,37,41,45H,7,13-14,17-19,22-23H2,1H3,(H,38,43)/b8-5+/t24-,30+,35+/m0/s1. The summed E-state index contributed by atoms with van der Waals surface area (Å²) >= 11 is 6.34. The van der Waals surface area contributed by atoms with Crippen LogP contribution in [0.1, 0.15) is 42.9 Å². The van der Waals surface area contributed by atoms with E-state index in [1.807, 2.05) is 54.6 Å². The number of nitrogens with zero attached hydrogens (tertiary/aromatic N) is 2. The second kappa shape index (κ2) is 14.4. The number of nitrogens with one attached hydrogen (secondary N) is 2. The number of anilines is 2. The van der Waals surface area contributed by atoms with Crippen LogP contribution in [0.3, 0.4) is 0 Å². The van der Waals surface area contributed by atoms with Gasteiger partial charge in [0.15, 0.2) is 5.60 Å². The fraction of sp³-hybridized carbons (Fsp3) is 0.343. The number of aliphatic hydroxyl groups is 2. The largest absolute Gasteiger partial charge is 0.395 e. The molecule has 0 aromatic heterocycles. The molecule has 0 spiro atoms. The molecule has 3 amide bonds. The van der Waals surface area contributed by atoms with Gasteiger partial charge in [-0.25, -0.2) is 0 Å². The summed E-state index contributed by atoms with van der Waals surface area (Å²) in [6.07, 6.45) is 5.13. The maximum absolute atomic E-state index is 14.0. The van der Waals surface area contributed by atoms with Crippen molar-refractivity contribution in [2.75, 3.05) is 29.9 Å². The molecule has 4 N–H and O–H groups in total. The van der Waals surface area contributed by atoms with Crippen molar-refractivity contribution in [1.82, 2.24) is 10.2 Å². The highest BCUT2D eigenvalue weighted by atomic mass is 35.5. The molecular weight excluding hydrogens is 592 g/mol. The summed E-state index contributed by atoms with van der Waals surface area (Å²) in [5, 5.41) is 28.1. The Hall–Kier alpha value is -4.02. The molecule has 0 saturated carbocycles. The summed E-state index contributed by atoms with van der Waals surface area (Å²) in [5.74, 6) is -1.46. The summed E-state index contributed by atoms with van der Waals surface area (Å²) < 4.78 is 0. The number of carbonyl (C=O) groups excluding carboxylic acids is 3. The van der Waals surface area contributed by atoms with Crippen molar-refractivity contribution in [2.45, 2.75) is 50.9 Å². The minimum absolute atomic E-state index is 0.0441. The highest BCUT2D eigenvalue weighted by molar-refractivity contribution is 6.31. The van der Waals surface area contributed by atoms with Crippen LogP contribution in [0.2, 0.25) is 5.02 Å². The third-order valence-corrected chi connectivity index (χ3v) is 8.69. The van der Waals surface area contributed by atoms with Gasteiger partial charge in [0.1, 0.15) is 0 Å². The molecule has 0 unspecified atom stereocenters. The van der Waals surface area contributed by atoms with Gasteiger partial charge < -0.3 is 30.6 Å². The van der Waals surface area contributed by atoms with Gasteiger partial charge in [-0.1, -0.05) is 73.1 Å². The van der Waals surface area contributed by atoms with Crippen molar-refractivity contribution < 1.29 is 24.6 Å². The van der Waals surface area contributed by atoms with E-state index in [4.69, 9.17) is 11.6 Å². The Bertz CT molecular complexity index is 1560. The van der Waals surface area contributed by atoms with Crippen molar-refractivity contribution in [1.29, 1.82) is 0 Å². The molecule has 1 saturated heterocycles. The molecule has 45 heavy (non-hydrogen) atoms. The molecule has 1 fully saturated rings. The van der Waals surface area contributed by atoms with Crippen LogP contribution in [0.4, 0.5) is 11.4 Å². The van der Waals surface area contributed by atoms with Crippen LogP contribution in [-0.2, 0) is 33.1 Å². The van der Waals surface area contributed by atoms with Crippen LogP contribution < -0.4 is 15.5 Å². The first kappa shape index (κ1) is 32.4. The van der Waals surface area contributed by atoms with Gasteiger partial charge in [0.2, 0.25) is 11.8 Å². The predicted octanol–water partition coefficient (Wildman–Crippen LogP) is 4.37. The van der Waals surface area contributed by atoms with Crippen LogP contribution in [-0.4, -0.2) is 58.6 Å². The zero-order chi connectivity index (χ0) is 32.0. The Morgan fingerprint density at radius 1 is 1.13 bits per heavy atom. The van der Waals surface area contributed by atoms with Gasteiger partial charge in [0.05, 0.1) is 24.9 Å². The highest BCUT2D eigenvalue weighted by Gasteiger charge is 2.52. The Morgan fingerprint density at radius 3 is 2.64 bits per heavy atom. The molecule has 2 aliphatic rings. The monoisotopic (exact) mass is 630 g/mol. The Balaban J connectivity index is 1.31. The Labute approximate surface area is 268 Å². The summed E-state index contributed by atoms with van der Waals surface area (Å²) in [4.78, 5) is 42.8. The normalized spacial score (nSPS) is 20.0. The molecule has 236 valence electrons. The maximum Gasteiger partial charge on any atom is 0.264 e. The fourth-order valence-electron chi connectivity index (χ4n) is 6.00. The minimum atomic E-state index is -1.91. The number of hydrogen-bond acceptors (Lipinski definition) is 6. The molecule has 0 aliphatic carbocycles. The van der Waals surface area contributed by atoms with E-state index in [-0.39, 0.29) is 44.0 Å². The van der Waals surface area contributed by atoms with Crippen molar-refractivity contribution in [3.63, 3.8) is 0 Å². The van der Waals surface area contributed by atoms with Gasteiger partial charge in [0.25, 0.3) is 5.91 Å². The van der Waals surface area contributed by atoms with Crippen molar-refractivity contribution in [3.8, 4) is 0 Å². The van der Waals surface area contributed by atoms with Gasteiger partial charge in [-0.15, -0.1) is 0 Å². The van der Waals surface area contributed by atoms with Gasteiger partial charge in [-0.2, -0.15) is 0 Å². The number of hydrogen-bond donors (Lipinski definition) is 4. The zero-order valence-corrected chi connectivity index (χ0v) is 26.0. The maximum atomic E-state index is 14.0. The third kappa shape index (κ3) is 7.28. The first-order valence-corrected chi connectivity index (χ1v) is 15.6. The number of amides is 3. The molecule has 5 rings (SSSR count). The molecule has 9 nitrogen and oxygen atoms in total. The molecular formula is C35H39ClN4O5. The summed E-state index contributed by atoms with van der Waals surface area (Å²) in [6, 6.07) is 21.7. The van der Waals surface area contributed by atoms with Gasteiger partial charge in [-0.3, -0.25) is 14.4 Å². The van der Waals surface area contributed by atoms with E-state index in [9.17, 15) is 24.6 Å². The summed E-state index contributed by atoms with van der Waals surface area (Å²) in [6.45, 7) is 3.13. The number of halogens is 1. The minimum Gasteiger partial charge on any atom is -0.395 e. The first-order valence-electron chi connectivity index (χ1n) is 15.3. The van der Waals surface area contributed by atoms with Crippen molar-refractivity contribution >= 4 is 40.7 Å². The van der Waals surface area contributed by atoms with E-state index < -0.39 is 17.4 Å². The van der Waals surface area contributed by atoms with Gasteiger partial charge in [-0.05, 0) is 60.8 Å². The average molecular weight is 631 g/mol. The van der Waals surface area contributed by atoms with Crippen LogP contribution in [0.25, 0.3) is 0 Å². The van der Waals surface area contributed by atoms with Crippen molar-refractivity contribution in [3.05, 3.63) is 107 Å². The number of fused-ring (bicyclic) bond motifs is 1. The van der Waals surface area contributed by atoms with Crippen LogP contribution >= 0.6 is 11.6 Å². The smallest absolute Gasteiger partial charge is 0.264 e. The molecule has 2 heterocycles. The lowest BCUT2D eigenvalue weighted by Gasteiger charge is -2.28. The molecule has 0 radical (unpaired) electrons. The lowest BCUT2D eigenvalue weighted by molar-refractivity contribution is -0.139. The molecule has 3 aromatic carbocycles. The van der Waals surface area contributed by atoms with Crippen LogP contribution in [0, 0.1) is 5.92 Å². The number of aliphatic hydroxyl groups excluding tert-OH is 1. The van der Waals surface area contributed by atoms with Crippen molar-refractivity contribution in [2.24, 2.45) is 5.92 Å². The van der Waals surface area contributed by atoms with Crippen LogP contribution in [0.5, 0.6) is 0 Å². The third-order valence-electron chi connectivity index (χ3n) is 8.46. The lowest BCUT2D eigenvalue weighted by Crippen LogP contribution is -2.44. The van der Waals surface area contributed by atoms with Crippen LogP contribution in [0.15, 0.2) is 84.9 Å². The van der Waals surface area contributed by atoms with E-state index in [1.54, 1.807) is 42.2 Å². The molecule has 3 atom stereocenters. The number of carbonyl (C=O) groups is 3. The number of rotatable bonds is 12. The molecule has 2 aliphatic heterocycles. The van der Waals surface area contributed by atoms with E-state index in [2.05, 4.69) is 10.6 Å². The topological polar surface area (TPSA) is 122 Å². The molecule has 3 aromatic rings. The van der Waals surface area contributed by atoms with E-state index in [1.165, 1.54) is 4.90 Å². The van der Waals surface area contributed by atoms with Gasteiger partial charge >= 0.3 is 0 Å². The molecule has 10 heteroatoms. The van der Waals surface area contributed by atoms with Gasteiger partial charge in [0, 0.05) is 41.7 Å². The number of benzene rings is 3. The predicted molar refractivity (Wildman–Crippen MR) is 175 cm³/mol. The average Bonchev–Trinajstić information content (AvgIpc) is 3.65. The Morgan fingerprint density at radius 2 is 1.91 bits per heavy atom. The second-order valence-corrected chi connectivity index (χ2v) is 12.0. The quantitative estimate of drug-likeness (QED) is 0.221. The first-order chi connectivity index (χ1) is 21.7. The van der Waals surface area contributed by atoms with E-state index in [0.29, 0.717) is 28.5 Å². The second-order valence-electron chi connectivity index (χ2n) is 11.6. The fourth-order valence-corrected chi connectivity index (χ4v) is 6.17. The summed E-state index contributed by atoms with van der Waals surface area (Å²) in [7, 11) is 0. The molecule has 0 bridgehead atoms. The zero-order valence-electron chi connectivity index (χ0n) is 25.3.